The van der Waals surface area contributed by atoms with E-state index >= 15 is 0 Å². The second kappa shape index (κ2) is 3.14. The summed E-state index contributed by atoms with van der Waals surface area (Å²) < 4.78 is 0. The standard InChI is InChI=1S/C10H21N/c1-4-5-6-9(11)8-7-10(8,2)3/h8-9H,4-7,11H2,1-3H3. The SMILES string of the molecule is CCCCC(N)C1CC1(C)C. The molecular weight excluding hydrogens is 134 g/mol. The van der Waals surface area contributed by atoms with Gasteiger partial charge in [-0.3, -0.25) is 0 Å². The van der Waals surface area contributed by atoms with Crippen molar-refractivity contribution in [3.05, 3.63) is 0 Å². The van der Waals surface area contributed by atoms with Gasteiger partial charge in [0.05, 0.1) is 0 Å². The van der Waals surface area contributed by atoms with Gasteiger partial charge in [-0.15, -0.1) is 0 Å². The van der Waals surface area contributed by atoms with Gasteiger partial charge in [-0.25, -0.2) is 0 Å². The molecule has 1 nitrogen and oxygen atoms in total. The van der Waals surface area contributed by atoms with Gasteiger partial charge in [0.25, 0.3) is 0 Å². The van der Waals surface area contributed by atoms with E-state index in [1.54, 1.807) is 0 Å². The van der Waals surface area contributed by atoms with Crippen molar-refractivity contribution in [3.63, 3.8) is 0 Å². The first kappa shape index (κ1) is 9.05. The number of nitrogens with two attached hydrogens (primary N) is 1. The maximum Gasteiger partial charge on any atom is 0.00724 e. The highest BCUT2D eigenvalue weighted by atomic mass is 14.7. The third-order valence-corrected chi connectivity index (χ3v) is 3.00. The highest BCUT2D eigenvalue weighted by molar-refractivity contribution is 5.00. The van der Waals surface area contributed by atoms with Gasteiger partial charge in [-0.1, -0.05) is 33.6 Å². The van der Waals surface area contributed by atoms with E-state index in [1.807, 2.05) is 0 Å². The van der Waals surface area contributed by atoms with E-state index in [9.17, 15) is 0 Å². The molecule has 0 heterocycles. The van der Waals surface area contributed by atoms with Crippen LogP contribution in [0.1, 0.15) is 46.5 Å². The zero-order chi connectivity index (χ0) is 8.48. The first-order valence-electron chi connectivity index (χ1n) is 4.83. The Kier molecular flexibility index (Phi) is 2.58. The summed E-state index contributed by atoms with van der Waals surface area (Å²) in [5.74, 6) is 0.814. The van der Waals surface area contributed by atoms with Crippen LogP contribution in [-0.4, -0.2) is 6.04 Å². The lowest BCUT2D eigenvalue weighted by Crippen LogP contribution is -2.24. The average molecular weight is 155 g/mol. The van der Waals surface area contributed by atoms with Gasteiger partial charge in [0.2, 0.25) is 0 Å². The summed E-state index contributed by atoms with van der Waals surface area (Å²) in [6.45, 7) is 6.87. The Balaban J connectivity index is 2.17. The van der Waals surface area contributed by atoms with Gasteiger partial charge in [0, 0.05) is 6.04 Å². The molecule has 66 valence electrons. The Morgan fingerprint density at radius 1 is 1.55 bits per heavy atom. The fourth-order valence-corrected chi connectivity index (χ4v) is 1.88. The highest BCUT2D eigenvalue weighted by Gasteiger charge is 2.48. The molecule has 1 fully saturated rings. The van der Waals surface area contributed by atoms with Gasteiger partial charge in [0.1, 0.15) is 0 Å². The van der Waals surface area contributed by atoms with Crippen molar-refractivity contribution in [2.75, 3.05) is 0 Å². The Morgan fingerprint density at radius 2 is 2.09 bits per heavy atom. The molecule has 0 aromatic carbocycles. The Labute approximate surface area is 70.4 Å². The fourth-order valence-electron chi connectivity index (χ4n) is 1.88. The molecule has 0 aromatic rings. The molecule has 2 unspecified atom stereocenters. The van der Waals surface area contributed by atoms with Crippen LogP contribution < -0.4 is 5.73 Å². The molecule has 0 radical (unpaired) electrons. The normalized spacial score (nSPS) is 30.0. The summed E-state index contributed by atoms with van der Waals surface area (Å²) in [6.07, 6.45) is 5.15. The first-order valence-corrected chi connectivity index (χ1v) is 4.83. The molecule has 11 heavy (non-hydrogen) atoms. The van der Waals surface area contributed by atoms with E-state index < -0.39 is 0 Å². The molecule has 0 aromatic heterocycles. The minimum Gasteiger partial charge on any atom is -0.327 e. The van der Waals surface area contributed by atoms with E-state index in [1.165, 1.54) is 25.7 Å². The summed E-state index contributed by atoms with van der Waals surface area (Å²) in [5, 5.41) is 0. The molecule has 0 bridgehead atoms. The van der Waals surface area contributed by atoms with Crippen molar-refractivity contribution in [1.29, 1.82) is 0 Å². The molecule has 0 amide bonds. The summed E-state index contributed by atoms with van der Waals surface area (Å²) in [5.41, 5.74) is 6.60. The van der Waals surface area contributed by atoms with E-state index in [0.29, 0.717) is 11.5 Å². The van der Waals surface area contributed by atoms with Crippen molar-refractivity contribution in [3.8, 4) is 0 Å². The van der Waals surface area contributed by atoms with E-state index in [-0.39, 0.29) is 0 Å². The van der Waals surface area contributed by atoms with Crippen molar-refractivity contribution < 1.29 is 0 Å². The largest absolute Gasteiger partial charge is 0.327 e. The molecule has 2 N–H and O–H groups in total. The van der Waals surface area contributed by atoms with Crippen LogP contribution in [0.3, 0.4) is 0 Å². The molecule has 1 saturated carbocycles. The summed E-state index contributed by atoms with van der Waals surface area (Å²) in [4.78, 5) is 0. The topological polar surface area (TPSA) is 26.0 Å². The smallest absolute Gasteiger partial charge is 0.00724 e. The van der Waals surface area contributed by atoms with Crippen LogP contribution in [0.4, 0.5) is 0 Å². The van der Waals surface area contributed by atoms with Gasteiger partial charge in [-0.2, -0.15) is 0 Å². The summed E-state index contributed by atoms with van der Waals surface area (Å²) in [6, 6.07) is 0.477. The predicted octanol–water partition coefficient (Wildman–Crippen LogP) is 2.55. The lowest BCUT2D eigenvalue weighted by atomic mass is 10.0. The molecule has 2 atom stereocenters. The summed E-state index contributed by atoms with van der Waals surface area (Å²) in [7, 11) is 0. The fraction of sp³-hybridized carbons (Fsp3) is 1.00. The maximum absolute atomic E-state index is 6.04. The second-order valence-electron chi connectivity index (χ2n) is 4.61. The zero-order valence-corrected chi connectivity index (χ0v) is 8.06. The summed E-state index contributed by atoms with van der Waals surface area (Å²) >= 11 is 0. The van der Waals surface area contributed by atoms with Crippen molar-refractivity contribution in [2.24, 2.45) is 17.1 Å². The predicted molar refractivity (Wildman–Crippen MR) is 49.4 cm³/mol. The third kappa shape index (κ3) is 2.19. The molecule has 1 heteroatoms. The van der Waals surface area contributed by atoms with Gasteiger partial charge in [0.15, 0.2) is 0 Å². The maximum atomic E-state index is 6.04. The van der Waals surface area contributed by atoms with Gasteiger partial charge >= 0.3 is 0 Å². The minimum absolute atomic E-state index is 0.477. The minimum atomic E-state index is 0.477. The van der Waals surface area contributed by atoms with Crippen molar-refractivity contribution in [2.45, 2.75) is 52.5 Å². The van der Waals surface area contributed by atoms with Crippen molar-refractivity contribution in [1.82, 2.24) is 0 Å². The molecule has 1 aliphatic rings. The monoisotopic (exact) mass is 155 g/mol. The van der Waals surface area contributed by atoms with Crippen LogP contribution >= 0.6 is 0 Å². The average Bonchev–Trinajstić information content (AvgIpc) is 2.55. The third-order valence-electron chi connectivity index (χ3n) is 3.00. The number of unbranched alkanes of at least 4 members (excludes halogenated alkanes) is 1. The number of hydrogen-bond donors (Lipinski definition) is 1. The van der Waals surface area contributed by atoms with Crippen LogP contribution in [-0.2, 0) is 0 Å². The van der Waals surface area contributed by atoms with Crippen LogP contribution in [0.15, 0.2) is 0 Å². The number of hydrogen-bond acceptors (Lipinski definition) is 1. The van der Waals surface area contributed by atoms with Crippen LogP contribution in [0, 0.1) is 11.3 Å². The van der Waals surface area contributed by atoms with Gasteiger partial charge < -0.3 is 5.73 Å². The Morgan fingerprint density at radius 3 is 2.45 bits per heavy atom. The second-order valence-corrected chi connectivity index (χ2v) is 4.61. The van der Waals surface area contributed by atoms with Crippen LogP contribution in [0.2, 0.25) is 0 Å². The molecule has 0 aliphatic heterocycles. The Bertz CT molecular complexity index is 129. The zero-order valence-electron chi connectivity index (χ0n) is 8.06. The molecule has 1 rings (SSSR count). The van der Waals surface area contributed by atoms with E-state index in [2.05, 4.69) is 20.8 Å². The molecule has 1 aliphatic carbocycles. The lowest BCUT2D eigenvalue weighted by Gasteiger charge is -2.12. The van der Waals surface area contributed by atoms with E-state index in [4.69, 9.17) is 5.73 Å². The quantitative estimate of drug-likeness (QED) is 0.663. The Hall–Kier alpha value is -0.0400. The van der Waals surface area contributed by atoms with Gasteiger partial charge in [-0.05, 0) is 24.2 Å². The lowest BCUT2D eigenvalue weighted by molar-refractivity contribution is 0.446. The highest BCUT2D eigenvalue weighted by Crippen LogP contribution is 2.53. The first-order chi connectivity index (χ1) is 5.08. The molecule has 0 saturated heterocycles. The van der Waals surface area contributed by atoms with E-state index in [0.717, 1.165) is 5.92 Å². The van der Waals surface area contributed by atoms with Crippen LogP contribution in [0.25, 0.3) is 0 Å². The molecular formula is C10H21N. The number of rotatable bonds is 4. The molecule has 0 spiro atoms. The van der Waals surface area contributed by atoms with Crippen LogP contribution in [0.5, 0.6) is 0 Å². The van der Waals surface area contributed by atoms with Crippen molar-refractivity contribution >= 4 is 0 Å².